The van der Waals surface area contributed by atoms with Crippen molar-refractivity contribution in [2.24, 2.45) is 28.6 Å². The third-order valence-corrected chi connectivity index (χ3v) is 11.6. The van der Waals surface area contributed by atoms with Crippen molar-refractivity contribution in [3.63, 3.8) is 0 Å². The lowest BCUT2D eigenvalue weighted by Gasteiger charge is -2.62. The second-order valence-electron chi connectivity index (χ2n) is 12.9. The van der Waals surface area contributed by atoms with Crippen molar-refractivity contribution in [1.82, 2.24) is 5.06 Å². The molecule has 40 heavy (non-hydrogen) atoms. The van der Waals surface area contributed by atoms with E-state index in [1.807, 2.05) is 24.1 Å². The molecule has 5 rings (SSSR count). The molecule has 0 aromatic carbocycles. The van der Waals surface area contributed by atoms with Gasteiger partial charge in [-0.2, -0.15) is 5.06 Å². The van der Waals surface area contributed by atoms with E-state index < -0.39 is 46.1 Å². The van der Waals surface area contributed by atoms with E-state index in [0.29, 0.717) is 36.5 Å². The second kappa shape index (κ2) is 10.4. The summed E-state index contributed by atoms with van der Waals surface area (Å²) in [5.41, 5.74) is -3.98. The van der Waals surface area contributed by atoms with Gasteiger partial charge < -0.3 is 10.2 Å². The molecular formula is C31H39Cl2F2NO4. The number of hydroxylamine groups is 2. The lowest BCUT2D eigenvalue weighted by Crippen LogP contribution is -2.69. The molecule has 2 N–H and O–H groups in total. The quantitative estimate of drug-likeness (QED) is 0.222. The van der Waals surface area contributed by atoms with E-state index in [0.717, 1.165) is 11.6 Å². The third kappa shape index (κ3) is 4.25. The Morgan fingerprint density at radius 1 is 1.30 bits per heavy atom. The van der Waals surface area contributed by atoms with E-state index in [2.05, 4.69) is 13.2 Å². The number of aliphatic hydroxyl groups is 2. The normalized spacial score (nSPS) is 46.8. The summed E-state index contributed by atoms with van der Waals surface area (Å²) in [7, 11) is 0. The number of ketones is 1. The van der Waals surface area contributed by atoms with Crippen LogP contribution in [0.15, 0.2) is 59.7 Å². The molecule has 1 heterocycles. The molecule has 9 heteroatoms. The summed E-state index contributed by atoms with van der Waals surface area (Å²) in [6.07, 6.45) is 5.95. The SMILES string of the molecule is C=CC(=O)/C=C\[C@@]1(C)C[C@@H](F)C[C@H]2[C@@H]3C[C@H]4CN(CC5=CCC(Cl)C(Cl)=C5)O[C@@]4(C(=C)CO)[C@@]3(C)C[C@H](O)[C@@]21F. The summed E-state index contributed by atoms with van der Waals surface area (Å²) < 4.78 is 32.9. The zero-order valence-electron chi connectivity index (χ0n) is 23.1. The first-order valence-electron chi connectivity index (χ1n) is 14.1. The highest BCUT2D eigenvalue weighted by Gasteiger charge is 2.77. The van der Waals surface area contributed by atoms with E-state index in [1.54, 1.807) is 6.92 Å². The molecule has 5 aliphatic rings. The van der Waals surface area contributed by atoms with Crippen molar-refractivity contribution < 1.29 is 28.6 Å². The lowest BCUT2D eigenvalue weighted by atomic mass is 9.45. The number of alkyl halides is 3. The largest absolute Gasteiger partial charge is 0.392 e. The molecule has 0 radical (unpaired) electrons. The number of allylic oxidation sites excluding steroid dienone is 5. The van der Waals surface area contributed by atoms with Crippen LogP contribution >= 0.6 is 23.2 Å². The summed E-state index contributed by atoms with van der Waals surface area (Å²) in [5, 5.41) is 24.1. The van der Waals surface area contributed by atoms with Gasteiger partial charge in [-0.3, -0.25) is 9.63 Å². The fraction of sp³-hybridized carbons (Fsp3) is 0.645. The standard InChI is InChI=1S/C31H39Cl2F2NO4/c1-5-22(38)8-9-28(3)13-21(34)12-24-23-11-20-16-36(15-19-6-7-25(32)26(33)10-19)40-31(20,18(2)17-37)29(23,4)14-27(39)30(24,28)35/h5-6,8-10,20-21,23-25,27,37,39H,1-2,7,11-17H2,3-4H3/b9-8-/t20-,21-,23-,24-,25?,27-,28-,29-,30-,31+/m0/s1. The number of halogens is 4. The number of fused-ring (bicyclic) bond motifs is 5. The molecule has 0 amide bonds. The Morgan fingerprint density at radius 3 is 2.67 bits per heavy atom. The van der Waals surface area contributed by atoms with E-state index in [9.17, 15) is 15.0 Å². The van der Waals surface area contributed by atoms with E-state index in [1.165, 1.54) is 12.2 Å². The highest BCUT2D eigenvalue weighted by atomic mass is 35.5. The van der Waals surface area contributed by atoms with Gasteiger partial charge in [0.2, 0.25) is 0 Å². The van der Waals surface area contributed by atoms with Gasteiger partial charge in [-0.25, -0.2) is 8.78 Å². The predicted octanol–water partition coefficient (Wildman–Crippen LogP) is 5.76. The highest BCUT2D eigenvalue weighted by molar-refractivity contribution is 6.37. The van der Waals surface area contributed by atoms with E-state index in [-0.39, 0.29) is 43.1 Å². The lowest BCUT2D eigenvalue weighted by molar-refractivity contribution is -0.268. The summed E-state index contributed by atoms with van der Waals surface area (Å²) in [5.74, 6) is -1.69. The van der Waals surface area contributed by atoms with Crippen LogP contribution in [0.3, 0.4) is 0 Å². The number of carbonyl (C=O) groups is 1. The average Bonchev–Trinajstić information content (AvgIpc) is 3.38. The third-order valence-electron chi connectivity index (χ3n) is 10.7. The fourth-order valence-electron chi connectivity index (χ4n) is 8.97. The number of carbonyl (C=O) groups excluding carboxylic acids is 1. The van der Waals surface area contributed by atoms with Gasteiger partial charge in [0, 0.05) is 40.8 Å². The number of hydrogen-bond acceptors (Lipinski definition) is 5. The molecule has 0 bridgehead atoms. The highest BCUT2D eigenvalue weighted by Crippen LogP contribution is 2.72. The summed E-state index contributed by atoms with van der Waals surface area (Å²) in [6, 6.07) is 0. The number of aliphatic hydroxyl groups excluding tert-OH is 2. The Kier molecular flexibility index (Phi) is 7.85. The van der Waals surface area contributed by atoms with Crippen molar-refractivity contribution in [2.75, 3.05) is 19.7 Å². The molecular weight excluding hydrogens is 559 g/mol. The smallest absolute Gasteiger partial charge is 0.177 e. The monoisotopic (exact) mass is 597 g/mol. The zero-order chi connectivity index (χ0) is 29.3. The molecule has 220 valence electrons. The maximum Gasteiger partial charge on any atom is 0.177 e. The first kappa shape index (κ1) is 30.1. The molecule has 1 saturated heterocycles. The Morgan fingerprint density at radius 2 is 2.02 bits per heavy atom. The number of hydrogen-bond donors (Lipinski definition) is 2. The van der Waals surface area contributed by atoms with E-state index in [4.69, 9.17) is 28.0 Å². The molecule has 10 atom stereocenters. The minimum atomic E-state index is -2.15. The molecule has 1 aliphatic heterocycles. The Balaban J connectivity index is 1.50. The molecule has 4 aliphatic carbocycles. The topological polar surface area (TPSA) is 70.0 Å². The maximum absolute atomic E-state index is 17.5. The molecule has 3 saturated carbocycles. The molecule has 1 unspecified atom stereocenters. The van der Waals surface area contributed by atoms with Crippen LogP contribution in [0, 0.1) is 28.6 Å². The second-order valence-corrected chi connectivity index (χ2v) is 13.8. The summed E-state index contributed by atoms with van der Waals surface area (Å²) in [4.78, 5) is 18.7. The van der Waals surface area contributed by atoms with Crippen LogP contribution < -0.4 is 0 Å². The maximum atomic E-state index is 17.5. The summed E-state index contributed by atoms with van der Waals surface area (Å²) in [6.45, 7) is 11.9. The molecule has 0 aromatic heterocycles. The average molecular weight is 599 g/mol. The minimum absolute atomic E-state index is 0.0272. The van der Waals surface area contributed by atoms with Crippen LogP contribution in [0.2, 0.25) is 0 Å². The van der Waals surface area contributed by atoms with Crippen LogP contribution in [0.25, 0.3) is 0 Å². The van der Waals surface area contributed by atoms with Crippen LogP contribution in [0.1, 0.15) is 46.0 Å². The van der Waals surface area contributed by atoms with Gasteiger partial charge in [0.1, 0.15) is 17.4 Å². The Bertz CT molecular complexity index is 1190. The Hall–Kier alpha value is -1.35. The van der Waals surface area contributed by atoms with Crippen LogP contribution in [-0.4, -0.2) is 69.7 Å². The van der Waals surface area contributed by atoms with Gasteiger partial charge in [-0.05, 0) is 67.4 Å². The van der Waals surface area contributed by atoms with Gasteiger partial charge in [0.15, 0.2) is 5.78 Å². The van der Waals surface area contributed by atoms with Gasteiger partial charge in [-0.15, -0.1) is 11.6 Å². The van der Waals surface area contributed by atoms with Gasteiger partial charge >= 0.3 is 0 Å². The van der Waals surface area contributed by atoms with Gasteiger partial charge in [-0.1, -0.05) is 50.8 Å². The molecule has 5 nitrogen and oxygen atoms in total. The predicted molar refractivity (Wildman–Crippen MR) is 152 cm³/mol. The van der Waals surface area contributed by atoms with Crippen molar-refractivity contribution in [1.29, 1.82) is 0 Å². The van der Waals surface area contributed by atoms with Crippen LogP contribution in [0.4, 0.5) is 8.78 Å². The fourth-order valence-corrected chi connectivity index (χ4v) is 9.35. The Labute approximate surface area is 245 Å². The van der Waals surface area contributed by atoms with Crippen LogP contribution in [0.5, 0.6) is 0 Å². The van der Waals surface area contributed by atoms with Crippen molar-refractivity contribution in [3.05, 3.63) is 59.7 Å². The van der Waals surface area contributed by atoms with Crippen molar-refractivity contribution >= 4 is 29.0 Å². The summed E-state index contributed by atoms with van der Waals surface area (Å²) >= 11 is 12.5. The molecule has 4 fully saturated rings. The zero-order valence-corrected chi connectivity index (χ0v) is 24.6. The number of nitrogens with zero attached hydrogens (tertiary/aromatic N) is 1. The molecule has 0 spiro atoms. The van der Waals surface area contributed by atoms with Gasteiger partial charge in [0.25, 0.3) is 0 Å². The number of rotatable bonds is 7. The minimum Gasteiger partial charge on any atom is -0.392 e. The first-order chi connectivity index (χ1) is 18.8. The van der Waals surface area contributed by atoms with Crippen LogP contribution in [-0.2, 0) is 9.63 Å². The van der Waals surface area contributed by atoms with E-state index >= 15 is 8.78 Å². The molecule has 0 aromatic rings. The van der Waals surface area contributed by atoms with Crippen molar-refractivity contribution in [2.45, 2.75) is 74.9 Å². The first-order valence-corrected chi connectivity index (χ1v) is 14.9. The van der Waals surface area contributed by atoms with Crippen molar-refractivity contribution in [3.8, 4) is 0 Å². The van der Waals surface area contributed by atoms with Gasteiger partial charge in [0.05, 0.1) is 18.1 Å².